The van der Waals surface area contributed by atoms with Gasteiger partial charge in [-0.1, -0.05) is 12.1 Å². The van der Waals surface area contributed by atoms with E-state index < -0.39 is 15.4 Å². The number of methoxy groups -OCH3 is 1. The van der Waals surface area contributed by atoms with Crippen LogP contribution < -0.4 is 5.32 Å². The Kier molecular flexibility index (Phi) is 6.39. The van der Waals surface area contributed by atoms with Crippen molar-refractivity contribution < 1.29 is 17.9 Å². The molecule has 28 heavy (non-hydrogen) atoms. The van der Waals surface area contributed by atoms with E-state index in [1.165, 1.54) is 20.0 Å². The molecule has 6 nitrogen and oxygen atoms in total. The van der Waals surface area contributed by atoms with Crippen LogP contribution in [0.25, 0.3) is 0 Å². The number of piperidine rings is 1. The van der Waals surface area contributed by atoms with Gasteiger partial charge in [-0.3, -0.25) is 4.79 Å². The zero-order valence-electron chi connectivity index (χ0n) is 16.2. The van der Waals surface area contributed by atoms with Crippen molar-refractivity contribution in [2.75, 3.05) is 26.7 Å². The van der Waals surface area contributed by atoms with Crippen molar-refractivity contribution in [3.8, 4) is 0 Å². The van der Waals surface area contributed by atoms with Gasteiger partial charge in [-0.05, 0) is 68.7 Å². The van der Waals surface area contributed by atoms with Crippen LogP contribution in [0.4, 0.5) is 0 Å². The van der Waals surface area contributed by atoms with Crippen LogP contribution in [0.3, 0.4) is 0 Å². The monoisotopic (exact) mass is 428 g/mol. The number of hydrogen-bond donors (Lipinski definition) is 1. The van der Waals surface area contributed by atoms with E-state index in [1.54, 1.807) is 28.6 Å². The van der Waals surface area contributed by atoms with Crippen molar-refractivity contribution in [1.29, 1.82) is 0 Å². The first-order chi connectivity index (χ1) is 13.0. The fourth-order valence-electron chi connectivity index (χ4n) is 3.98. The van der Waals surface area contributed by atoms with Gasteiger partial charge in [0.05, 0.1) is 17.4 Å². The van der Waals surface area contributed by atoms with Crippen LogP contribution >= 0.6 is 12.4 Å². The third kappa shape index (κ3) is 4.22. The minimum Gasteiger partial charge on any atom is -0.468 e. The number of carbonyl (C=O) groups is 1. The Balaban J connectivity index is 0.00000225. The van der Waals surface area contributed by atoms with Crippen molar-refractivity contribution in [3.05, 3.63) is 29.8 Å². The summed E-state index contributed by atoms with van der Waals surface area (Å²) in [4.78, 5) is 12.3. The lowest BCUT2D eigenvalue weighted by Gasteiger charge is -2.31. The van der Waals surface area contributed by atoms with Crippen LogP contribution in [0, 0.1) is 5.92 Å². The zero-order valence-corrected chi connectivity index (χ0v) is 17.9. The molecule has 0 spiro atoms. The maximum Gasteiger partial charge on any atom is 0.316 e. The van der Waals surface area contributed by atoms with Gasteiger partial charge < -0.3 is 10.1 Å². The van der Waals surface area contributed by atoms with Gasteiger partial charge in [-0.25, -0.2) is 8.42 Å². The van der Waals surface area contributed by atoms with Gasteiger partial charge in [0, 0.05) is 19.1 Å². The lowest BCUT2D eigenvalue weighted by atomic mass is 9.96. The van der Waals surface area contributed by atoms with Crippen molar-refractivity contribution in [1.82, 2.24) is 9.62 Å². The molecule has 0 aromatic heterocycles. The normalized spacial score (nSPS) is 22.3. The quantitative estimate of drug-likeness (QED) is 0.675. The molecular weight excluding hydrogens is 400 g/mol. The molecule has 2 aliphatic carbocycles. The van der Waals surface area contributed by atoms with E-state index in [1.807, 2.05) is 0 Å². The number of sulfonamides is 1. The summed E-state index contributed by atoms with van der Waals surface area (Å²) in [5.41, 5.74) is 0.277. The van der Waals surface area contributed by atoms with Gasteiger partial charge in [-0.2, -0.15) is 4.31 Å². The van der Waals surface area contributed by atoms with E-state index in [9.17, 15) is 13.2 Å². The summed E-state index contributed by atoms with van der Waals surface area (Å²) >= 11 is 0. The maximum absolute atomic E-state index is 13.0. The largest absolute Gasteiger partial charge is 0.468 e. The van der Waals surface area contributed by atoms with E-state index in [0.717, 1.165) is 43.7 Å². The van der Waals surface area contributed by atoms with E-state index in [2.05, 4.69) is 5.32 Å². The molecule has 1 aliphatic heterocycles. The maximum atomic E-state index is 13.0. The molecule has 1 N–H and O–H groups in total. The fourth-order valence-corrected chi connectivity index (χ4v) is 5.45. The molecule has 0 radical (unpaired) electrons. The first-order valence-corrected chi connectivity index (χ1v) is 11.3. The highest BCUT2D eigenvalue weighted by atomic mass is 35.5. The average molecular weight is 429 g/mol. The SMILES string of the molecule is COC(=O)C1(c2ccc(S(=O)(=O)N3CCC(NCC4CC4)CC3)cc2)CC1.Cl. The summed E-state index contributed by atoms with van der Waals surface area (Å²) in [6.07, 6.45) is 5.88. The van der Waals surface area contributed by atoms with Gasteiger partial charge in [-0.15, -0.1) is 12.4 Å². The lowest BCUT2D eigenvalue weighted by Crippen LogP contribution is -2.45. The fraction of sp³-hybridized carbons (Fsp3) is 0.650. The molecule has 2 saturated carbocycles. The number of ether oxygens (including phenoxy) is 1. The van der Waals surface area contributed by atoms with Crippen LogP contribution in [-0.4, -0.2) is 51.5 Å². The second kappa shape index (κ2) is 8.30. The summed E-state index contributed by atoms with van der Waals surface area (Å²) in [6, 6.07) is 7.21. The van der Waals surface area contributed by atoms with Crippen LogP contribution in [-0.2, 0) is 25.0 Å². The number of rotatable bonds is 7. The van der Waals surface area contributed by atoms with Crippen LogP contribution in [0.5, 0.6) is 0 Å². The molecule has 0 unspecified atom stereocenters. The third-order valence-corrected chi connectivity index (χ3v) is 8.13. The average Bonchev–Trinajstić information content (AvgIpc) is 3.61. The minimum absolute atomic E-state index is 0. The van der Waals surface area contributed by atoms with Crippen molar-refractivity contribution in [2.24, 2.45) is 5.92 Å². The molecule has 0 atom stereocenters. The molecule has 4 rings (SSSR count). The van der Waals surface area contributed by atoms with E-state index >= 15 is 0 Å². The Hall–Kier alpha value is -1.15. The minimum atomic E-state index is -3.48. The molecule has 0 amide bonds. The molecular formula is C20H29ClN2O4S. The number of nitrogens with zero attached hydrogens (tertiary/aromatic N) is 1. The number of benzene rings is 1. The highest BCUT2D eigenvalue weighted by Gasteiger charge is 2.52. The van der Waals surface area contributed by atoms with Gasteiger partial charge in [0.2, 0.25) is 10.0 Å². The molecule has 3 aliphatic rings. The highest BCUT2D eigenvalue weighted by Crippen LogP contribution is 2.49. The predicted octanol–water partition coefficient (Wildman–Crippen LogP) is 2.47. The summed E-state index contributed by atoms with van der Waals surface area (Å²) in [7, 11) is -2.09. The Labute approximate surface area is 173 Å². The summed E-state index contributed by atoms with van der Waals surface area (Å²) < 4.78 is 32.4. The molecule has 1 aromatic carbocycles. The molecule has 1 saturated heterocycles. The summed E-state index contributed by atoms with van der Waals surface area (Å²) in [6.45, 7) is 2.18. The van der Waals surface area contributed by atoms with Crippen LogP contribution in [0.2, 0.25) is 0 Å². The molecule has 3 fully saturated rings. The van der Waals surface area contributed by atoms with Gasteiger partial charge >= 0.3 is 5.97 Å². The predicted molar refractivity (Wildman–Crippen MR) is 109 cm³/mol. The second-order valence-corrected chi connectivity index (χ2v) is 10.1. The highest BCUT2D eigenvalue weighted by molar-refractivity contribution is 7.89. The van der Waals surface area contributed by atoms with Crippen molar-refractivity contribution in [2.45, 2.75) is 54.9 Å². The first-order valence-electron chi connectivity index (χ1n) is 9.88. The van der Waals surface area contributed by atoms with Crippen LogP contribution in [0.15, 0.2) is 29.2 Å². The lowest BCUT2D eigenvalue weighted by molar-refractivity contribution is -0.143. The zero-order chi connectivity index (χ0) is 19.1. The molecule has 1 heterocycles. The number of esters is 1. The first kappa shape index (κ1) is 21.6. The third-order valence-electron chi connectivity index (χ3n) is 6.22. The summed E-state index contributed by atoms with van der Waals surface area (Å²) in [5.74, 6) is 0.601. The Morgan fingerprint density at radius 3 is 2.25 bits per heavy atom. The molecule has 1 aromatic rings. The summed E-state index contributed by atoms with van der Waals surface area (Å²) in [5, 5.41) is 3.58. The van der Waals surface area contributed by atoms with Gasteiger partial charge in [0.15, 0.2) is 0 Å². The topological polar surface area (TPSA) is 75.7 Å². The van der Waals surface area contributed by atoms with E-state index in [0.29, 0.717) is 24.0 Å². The molecule has 8 heteroatoms. The van der Waals surface area contributed by atoms with E-state index in [-0.39, 0.29) is 18.4 Å². The van der Waals surface area contributed by atoms with Gasteiger partial charge in [0.25, 0.3) is 0 Å². The number of halogens is 1. The molecule has 0 bridgehead atoms. The van der Waals surface area contributed by atoms with Crippen molar-refractivity contribution >= 4 is 28.4 Å². The van der Waals surface area contributed by atoms with Crippen LogP contribution in [0.1, 0.15) is 44.1 Å². The smallest absolute Gasteiger partial charge is 0.316 e. The number of carbonyl (C=O) groups excluding carboxylic acids is 1. The van der Waals surface area contributed by atoms with Gasteiger partial charge in [0.1, 0.15) is 0 Å². The molecule has 156 valence electrons. The standard InChI is InChI=1S/C20H28N2O4S.ClH/c1-26-19(23)20(10-11-20)16-4-6-18(7-5-16)27(24,25)22-12-8-17(9-13-22)21-14-15-2-3-15;/h4-7,15,17,21H,2-3,8-14H2,1H3;1H. The van der Waals surface area contributed by atoms with Crippen molar-refractivity contribution in [3.63, 3.8) is 0 Å². The number of hydrogen-bond acceptors (Lipinski definition) is 5. The second-order valence-electron chi connectivity index (χ2n) is 8.13. The Morgan fingerprint density at radius 1 is 1.14 bits per heavy atom. The Morgan fingerprint density at radius 2 is 1.75 bits per heavy atom. The van der Waals surface area contributed by atoms with E-state index in [4.69, 9.17) is 4.74 Å². The number of nitrogens with one attached hydrogen (secondary N) is 1. The Bertz CT molecular complexity index is 796.